The first kappa shape index (κ1) is 17.2. The molecule has 0 aromatic heterocycles. The third-order valence-corrected chi connectivity index (χ3v) is 2.98. The van der Waals surface area contributed by atoms with Crippen LogP contribution >= 0.6 is 0 Å². The Morgan fingerprint density at radius 2 is 1.56 bits per heavy atom. The van der Waals surface area contributed by atoms with E-state index >= 15 is 0 Å². The number of hydrogen-bond acceptors (Lipinski definition) is 3. The molecule has 18 heavy (non-hydrogen) atoms. The maximum absolute atomic E-state index is 11.0. The molecule has 0 aromatic carbocycles. The lowest BCUT2D eigenvalue weighted by Crippen LogP contribution is -2.30. The molecule has 2 N–H and O–H groups in total. The molecule has 0 saturated heterocycles. The van der Waals surface area contributed by atoms with Crippen molar-refractivity contribution in [3.63, 3.8) is 0 Å². The summed E-state index contributed by atoms with van der Waals surface area (Å²) in [4.78, 5) is 11.0. The van der Waals surface area contributed by atoms with E-state index in [9.17, 15) is 9.90 Å². The van der Waals surface area contributed by atoms with Crippen LogP contribution in [-0.4, -0.2) is 28.2 Å². The minimum absolute atomic E-state index is 0.297. The van der Waals surface area contributed by atoms with Crippen LogP contribution in [0.5, 0.6) is 0 Å². The van der Waals surface area contributed by atoms with Gasteiger partial charge in [0.15, 0.2) is 11.4 Å². The van der Waals surface area contributed by atoms with Crippen LogP contribution in [0, 0.1) is 11.8 Å². The van der Waals surface area contributed by atoms with Gasteiger partial charge < -0.3 is 10.2 Å². The standard InChI is InChI=1S/C15H26O3/c1-14(17)15(2,18)12-10-8-6-4-3-5-7-9-11-13-16/h16,18H,3-9,11,13H2,1-2H3. The van der Waals surface area contributed by atoms with Crippen molar-refractivity contribution in [2.75, 3.05) is 6.61 Å². The van der Waals surface area contributed by atoms with E-state index in [2.05, 4.69) is 11.8 Å². The number of carbonyl (C=O) groups excluding carboxylic acids is 1. The second kappa shape index (κ2) is 10.1. The first-order valence-corrected chi connectivity index (χ1v) is 6.85. The summed E-state index contributed by atoms with van der Waals surface area (Å²) in [6, 6.07) is 0. The highest BCUT2D eigenvalue weighted by atomic mass is 16.3. The van der Waals surface area contributed by atoms with Crippen molar-refractivity contribution >= 4 is 5.78 Å². The number of aliphatic hydroxyl groups excluding tert-OH is 1. The minimum atomic E-state index is -1.48. The van der Waals surface area contributed by atoms with Crippen LogP contribution in [-0.2, 0) is 4.79 Å². The lowest BCUT2D eigenvalue weighted by molar-refractivity contribution is -0.128. The average Bonchev–Trinajstić information content (AvgIpc) is 2.31. The summed E-state index contributed by atoms with van der Waals surface area (Å²) in [5.41, 5.74) is -1.48. The number of Topliss-reactive ketones (excluding diaryl/α,β-unsaturated/α-hetero) is 1. The molecule has 1 atom stereocenters. The smallest absolute Gasteiger partial charge is 0.180 e. The molecule has 0 spiro atoms. The Morgan fingerprint density at radius 3 is 2.06 bits per heavy atom. The molecule has 0 aromatic rings. The number of hydrogen-bond donors (Lipinski definition) is 2. The van der Waals surface area contributed by atoms with E-state index in [1.54, 1.807) is 0 Å². The molecule has 0 radical (unpaired) electrons. The molecule has 3 heteroatoms. The van der Waals surface area contributed by atoms with Crippen molar-refractivity contribution in [2.24, 2.45) is 0 Å². The molecule has 1 unspecified atom stereocenters. The number of unbranched alkanes of at least 4 members (excludes halogenated alkanes) is 7. The molecule has 104 valence electrons. The van der Waals surface area contributed by atoms with Gasteiger partial charge in [0.2, 0.25) is 0 Å². The minimum Gasteiger partial charge on any atom is -0.396 e. The Labute approximate surface area is 111 Å². The van der Waals surface area contributed by atoms with Gasteiger partial charge in [0, 0.05) is 13.0 Å². The highest BCUT2D eigenvalue weighted by molar-refractivity contribution is 5.87. The monoisotopic (exact) mass is 254 g/mol. The van der Waals surface area contributed by atoms with E-state index in [4.69, 9.17) is 5.11 Å². The zero-order chi connectivity index (χ0) is 13.9. The van der Waals surface area contributed by atoms with Crippen molar-refractivity contribution in [1.29, 1.82) is 0 Å². The van der Waals surface area contributed by atoms with E-state index in [0.29, 0.717) is 6.61 Å². The summed E-state index contributed by atoms with van der Waals surface area (Å²) < 4.78 is 0. The molecule has 0 bridgehead atoms. The van der Waals surface area contributed by atoms with Gasteiger partial charge in [0.05, 0.1) is 0 Å². The third kappa shape index (κ3) is 9.21. The summed E-state index contributed by atoms with van der Waals surface area (Å²) in [6.45, 7) is 3.08. The van der Waals surface area contributed by atoms with E-state index in [1.807, 2.05) is 0 Å². The molecule has 0 heterocycles. The molecule has 0 aliphatic heterocycles. The van der Waals surface area contributed by atoms with Crippen molar-refractivity contribution in [2.45, 2.75) is 70.8 Å². The predicted octanol–water partition coefficient (Wildman–Crippen LogP) is 2.44. The fourth-order valence-corrected chi connectivity index (χ4v) is 1.53. The molecule has 3 nitrogen and oxygen atoms in total. The molecule has 0 aliphatic carbocycles. The van der Waals surface area contributed by atoms with Crippen LogP contribution in [0.1, 0.15) is 65.2 Å². The Hall–Kier alpha value is -0.850. The van der Waals surface area contributed by atoms with Gasteiger partial charge in [-0.2, -0.15) is 0 Å². The van der Waals surface area contributed by atoms with Crippen molar-refractivity contribution < 1.29 is 15.0 Å². The first-order chi connectivity index (χ1) is 8.50. The van der Waals surface area contributed by atoms with Gasteiger partial charge in [-0.15, -0.1) is 0 Å². The molecule has 0 amide bonds. The highest BCUT2D eigenvalue weighted by Crippen LogP contribution is 2.08. The van der Waals surface area contributed by atoms with Crippen LogP contribution in [0.15, 0.2) is 0 Å². The lowest BCUT2D eigenvalue weighted by Gasteiger charge is -2.10. The van der Waals surface area contributed by atoms with Crippen LogP contribution in [0.3, 0.4) is 0 Å². The molecule has 0 fully saturated rings. The quantitative estimate of drug-likeness (QED) is 0.491. The summed E-state index contributed by atoms with van der Waals surface area (Å²) in [5.74, 6) is 5.16. The van der Waals surface area contributed by atoms with Gasteiger partial charge in [-0.25, -0.2) is 0 Å². The summed E-state index contributed by atoms with van der Waals surface area (Å²) >= 11 is 0. The Kier molecular flexibility index (Phi) is 9.63. The van der Waals surface area contributed by atoms with Crippen molar-refractivity contribution in [3.05, 3.63) is 0 Å². The van der Waals surface area contributed by atoms with Gasteiger partial charge in [0.25, 0.3) is 0 Å². The second-order valence-electron chi connectivity index (χ2n) is 4.88. The van der Waals surface area contributed by atoms with Gasteiger partial charge in [-0.05, 0) is 26.7 Å². The Balaban J connectivity index is 3.46. The number of aliphatic hydroxyl groups is 2. The van der Waals surface area contributed by atoms with Crippen LogP contribution in [0.4, 0.5) is 0 Å². The molecule has 0 aliphatic rings. The lowest BCUT2D eigenvalue weighted by atomic mass is 10.0. The van der Waals surface area contributed by atoms with Crippen LogP contribution in [0.2, 0.25) is 0 Å². The summed E-state index contributed by atoms with van der Waals surface area (Å²) in [5, 5.41) is 18.2. The van der Waals surface area contributed by atoms with Crippen molar-refractivity contribution in [1.82, 2.24) is 0 Å². The second-order valence-corrected chi connectivity index (χ2v) is 4.88. The summed E-state index contributed by atoms with van der Waals surface area (Å²) in [7, 11) is 0. The number of ketones is 1. The number of carbonyl (C=O) groups is 1. The van der Waals surface area contributed by atoms with Crippen LogP contribution in [0.25, 0.3) is 0 Å². The maximum Gasteiger partial charge on any atom is 0.180 e. The fraction of sp³-hybridized carbons (Fsp3) is 0.800. The van der Waals surface area contributed by atoms with E-state index < -0.39 is 5.60 Å². The predicted molar refractivity (Wildman–Crippen MR) is 73.1 cm³/mol. The topological polar surface area (TPSA) is 57.5 Å². The molecule has 0 rings (SSSR count). The third-order valence-electron chi connectivity index (χ3n) is 2.98. The normalized spacial score (nSPS) is 13.6. The molecular formula is C15H26O3. The fourth-order valence-electron chi connectivity index (χ4n) is 1.53. The SMILES string of the molecule is CC(=O)C(C)(O)C#CCCCCCCCCCO. The first-order valence-electron chi connectivity index (χ1n) is 6.85. The van der Waals surface area contributed by atoms with E-state index in [-0.39, 0.29) is 5.78 Å². The van der Waals surface area contributed by atoms with Gasteiger partial charge in [0.1, 0.15) is 0 Å². The van der Waals surface area contributed by atoms with Crippen molar-refractivity contribution in [3.8, 4) is 11.8 Å². The highest BCUT2D eigenvalue weighted by Gasteiger charge is 2.22. The van der Waals surface area contributed by atoms with Gasteiger partial charge in [-0.3, -0.25) is 4.79 Å². The largest absolute Gasteiger partial charge is 0.396 e. The van der Waals surface area contributed by atoms with Crippen LogP contribution < -0.4 is 0 Å². The van der Waals surface area contributed by atoms with Gasteiger partial charge >= 0.3 is 0 Å². The Morgan fingerprint density at radius 1 is 1.06 bits per heavy atom. The zero-order valence-corrected chi connectivity index (χ0v) is 11.7. The van der Waals surface area contributed by atoms with E-state index in [0.717, 1.165) is 32.1 Å². The average molecular weight is 254 g/mol. The maximum atomic E-state index is 11.0. The van der Waals surface area contributed by atoms with E-state index in [1.165, 1.54) is 33.1 Å². The molecular weight excluding hydrogens is 228 g/mol. The Bertz CT molecular complexity index is 284. The van der Waals surface area contributed by atoms with Gasteiger partial charge in [-0.1, -0.05) is 43.9 Å². The number of rotatable bonds is 9. The molecule has 0 saturated carbocycles. The summed E-state index contributed by atoms with van der Waals surface area (Å²) in [6.07, 6.45) is 8.49. The zero-order valence-electron chi connectivity index (χ0n) is 11.7.